The van der Waals surface area contributed by atoms with Gasteiger partial charge in [-0.2, -0.15) is 4.31 Å². The minimum Gasteiger partial charge on any atom is -0.326 e. The minimum absolute atomic E-state index is 0.0721. The molecule has 3 aromatic carbocycles. The van der Waals surface area contributed by atoms with Crippen LogP contribution in [0, 0.1) is 0 Å². The van der Waals surface area contributed by atoms with Crippen molar-refractivity contribution < 1.29 is 13.2 Å². The van der Waals surface area contributed by atoms with Crippen molar-refractivity contribution in [2.75, 3.05) is 18.4 Å². The van der Waals surface area contributed by atoms with Crippen molar-refractivity contribution in [3.05, 3.63) is 84.4 Å². The van der Waals surface area contributed by atoms with E-state index < -0.39 is 10.0 Å². The summed E-state index contributed by atoms with van der Waals surface area (Å²) in [5, 5.41) is 3.01. The fourth-order valence-electron chi connectivity index (χ4n) is 3.84. The number of aryl methyl sites for hydroxylation is 1. The van der Waals surface area contributed by atoms with Crippen molar-refractivity contribution in [3.8, 4) is 11.1 Å². The maximum absolute atomic E-state index is 12.6. The highest BCUT2D eigenvalue weighted by Gasteiger charge is 2.26. The molecule has 1 aliphatic rings. The van der Waals surface area contributed by atoms with Crippen LogP contribution in [0.5, 0.6) is 0 Å². The third-order valence-corrected chi connectivity index (χ3v) is 7.47. The number of benzene rings is 3. The van der Waals surface area contributed by atoms with Gasteiger partial charge in [0.15, 0.2) is 0 Å². The van der Waals surface area contributed by atoms with Crippen LogP contribution in [0.1, 0.15) is 24.8 Å². The van der Waals surface area contributed by atoms with Crippen LogP contribution in [-0.2, 0) is 21.2 Å². The maximum Gasteiger partial charge on any atom is 0.243 e. The Kier molecular flexibility index (Phi) is 6.49. The molecule has 1 heterocycles. The average Bonchev–Trinajstić information content (AvgIpc) is 3.35. The first kappa shape index (κ1) is 21.3. The molecule has 1 amide bonds. The highest BCUT2D eigenvalue weighted by molar-refractivity contribution is 7.89. The van der Waals surface area contributed by atoms with Crippen LogP contribution in [0.2, 0.25) is 0 Å². The molecule has 0 spiro atoms. The number of amides is 1. The van der Waals surface area contributed by atoms with Crippen molar-refractivity contribution in [1.82, 2.24) is 4.31 Å². The standard InChI is InChI=1S/C25H26N2O3S/c28-25(26-24-11-5-4-10-23(24)21-8-2-1-3-9-21)17-14-20-12-15-22(16-13-20)31(29,30)27-18-6-7-19-27/h1-5,8-13,15-16H,6-7,14,17-19H2,(H,26,28). The molecule has 0 atom stereocenters. The van der Waals surface area contributed by atoms with E-state index in [-0.39, 0.29) is 5.91 Å². The molecule has 1 aliphatic heterocycles. The van der Waals surface area contributed by atoms with E-state index >= 15 is 0 Å². The van der Waals surface area contributed by atoms with Crippen LogP contribution >= 0.6 is 0 Å². The summed E-state index contributed by atoms with van der Waals surface area (Å²) in [7, 11) is -3.40. The van der Waals surface area contributed by atoms with Crippen LogP contribution in [0.4, 0.5) is 5.69 Å². The monoisotopic (exact) mass is 434 g/mol. The van der Waals surface area contributed by atoms with E-state index in [9.17, 15) is 13.2 Å². The second-order valence-electron chi connectivity index (χ2n) is 7.71. The lowest BCUT2D eigenvalue weighted by Gasteiger charge is -2.15. The second kappa shape index (κ2) is 9.45. The number of para-hydroxylation sites is 1. The molecule has 1 fully saturated rings. The predicted octanol–water partition coefficient (Wildman–Crippen LogP) is 4.71. The first-order valence-electron chi connectivity index (χ1n) is 10.6. The van der Waals surface area contributed by atoms with Gasteiger partial charge >= 0.3 is 0 Å². The summed E-state index contributed by atoms with van der Waals surface area (Å²) in [6, 6.07) is 24.6. The normalized spacial score (nSPS) is 14.5. The van der Waals surface area contributed by atoms with Crippen molar-refractivity contribution in [3.63, 3.8) is 0 Å². The number of hydrogen-bond donors (Lipinski definition) is 1. The van der Waals surface area contributed by atoms with Gasteiger partial charge in [-0.3, -0.25) is 4.79 Å². The van der Waals surface area contributed by atoms with Crippen molar-refractivity contribution in [2.45, 2.75) is 30.6 Å². The quantitative estimate of drug-likeness (QED) is 0.586. The van der Waals surface area contributed by atoms with E-state index in [0.29, 0.717) is 30.8 Å². The van der Waals surface area contributed by atoms with Crippen molar-refractivity contribution in [2.24, 2.45) is 0 Å². The molecule has 3 aromatic rings. The summed E-state index contributed by atoms with van der Waals surface area (Å²) < 4.78 is 26.8. The summed E-state index contributed by atoms with van der Waals surface area (Å²) in [6.45, 7) is 1.18. The molecule has 31 heavy (non-hydrogen) atoms. The molecule has 160 valence electrons. The van der Waals surface area contributed by atoms with Crippen LogP contribution in [0.3, 0.4) is 0 Å². The number of carbonyl (C=O) groups excluding carboxylic acids is 1. The highest BCUT2D eigenvalue weighted by atomic mass is 32.2. The summed E-state index contributed by atoms with van der Waals surface area (Å²) in [5.41, 5.74) is 3.75. The maximum atomic E-state index is 12.6. The number of carbonyl (C=O) groups is 1. The third-order valence-electron chi connectivity index (χ3n) is 5.55. The molecule has 0 unspecified atom stereocenters. The van der Waals surface area contributed by atoms with Crippen molar-refractivity contribution >= 4 is 21.6 Å². The van der Waals surface area contributed by atoms with E-state index in [4.69, 9.17) is 0 Å². The van der Waals surface area contributed by atoms with E-state index in [1.54, 1.807) is 28.6 Å². The molecule has 6 heteroatoms. The zero-order chi connectivity index (χ0) is 21.7. The first-order chi connectivity index (χ1) is 15.0. The lowest BCUT2D eigenvalue weighted by Crippen LogP contribution is -2.27. The zero-order valence-corrected chi connectivity index (χ0v) is 18.1. The Balaban J connectivity index is 1.38. The summed E-state index contributed by atoms with van der Waals surface area (Å²) in [4.78, 5) is 12.9. The Morgan fingerprint density at radius 1 is 0.839 bits per heavy atom. The van der Waals surface area contributed by atoms with Crippen LogP contribution in [0.15, 0.2) is 83.8 Å². The van der Waals surface area contributed by atoms with Gasteiger partial charge < -0.3 is 5.32 Å². The van der Waals surface area contributed by atoms with Gasteiger partial charge in [-0.1, -0.05) is 60.7 Å². The number of nitrogens with zero attached hydrogens (tertiary/aromatic N) is 1. The zero-order valence-electron chi connectivity index (χ0n) is 17.3. The van der Waals surface area contributed by atoms with Crippen LogP contribution in [-0.4, -0.2) is 31.7 Å². The number of nitrogens with one attached hydrogen (secondary N) is 1. The Morgan fingerprint density at radius 3 is 2.19 bits per heavy atom. The minimum atomic E-state index is -3.40. The summed E-state index contributed by atoms with van der Waals surface area (Å²) in [6.07, 6.45) is 2.70. The van der Waals surface area contributed by atoms with Gasteiger partial charge in [-0.25, -0.2) is 8.42 Å². The fraction of sp³-hybridized carbons (Fsp3) is 0.240. The van der Waals surface area contributed by atoms with Gasteiger partial charge in [0.1, 0.15) is 0 Å². The van der Waals surface area contributed by atoms with Gasteiger partial charge in [0, 0.05) is 30.8 Å². The van der Waals surface area contributed by atoms with Gasteiger partial charge in [0.2, 0.25) is 15.9 Å². The number of sulfonamides is 1. The molecule has 0 aliphatic carbocycles. The molecule has 1 saturated heterocycles. The van der Waals surface area contributed by atoms with E-state index in [2.05, 4.69) is 5.32 Å². The van der Waals surface area contributed by atoms with E-state index in [1.807, 2.05) is 54.6 Å². The lowest BCUT2D eigenvalue weighted by molar-refractivity contribution is -0.116. The van der Waals surface area contributed by atoms with Gasteiger partial charge in [-0.05, 0) is 48.6 Å². The van der Waals surface area contributed by atoms with E-state index in [1.165, 1.54) is 0 Å². The molecular formula is C25H26N2O3S. The average molecular weight is 435 g/mol. The summed E-state index contributed by atoms with van der Waals surface area (Å²) in [5.74, 6) is -0.0721. The SMILES string of the molecule is O=C(CCc1ccc(S(=O)(=O)N2CCCC2)cc1)Nc1ccccc1-c1ccccc1. The number of hydrogen-bond acceptors (Lipinski definition) is 3. The van der Waals surface area contributed by atoms with Gasteiger partial charge in [-0.15, -0.1) is 0 Å². The molecule has 5 nitrogen and oxygen atoms in total. The lowest BCUT2D eigenvalue weighted by atomic mass is 10.0. The third kappa shape index (κ3) is 5.03. The Morgan fingerprint density at radius 2 is 1.48 bits per heavy atom. The fourth-order valence-corrected chi connectivity index (χ4v) is 5.35. The smallest absolute Gasteiger partial charge is 0.243 e. The second-order valence-corrected chi connectivity index (χ2v) is 9.65. The van der Waals surface area contributed by atoms with Crippen molar-refractivity contribution in [1.29, 1.82) is 0 Å². The Hall–Kier alpha value is -2.96. The molecule has 0 radical (unpaired) electrons. The number of rotatable bonds is 7. The molecule has 4 rings (SSSR count). The van der Waals surface area contributed by atoms with Crippen LogP contribution in [0.25, 0.3) is 11.1 Å². The largest absolute Gasteiger partial charge is 0.326 e. The number of anilines is 1. The summed E-state index contributed by atoms with van der Waals surface area (Å²) >= 11 is 0. The topological polar surface area (TPSA) is 66.5 Å². The predicted molar refractivity (Wildman–Crippen MR) is 123 cm³/mol. The Labute approximate surface area is 183 Å². The van der Waals surface area contributed by atoms with Crippen LogP contribution < -0.4 is 5.32 Å². The Bertz CT molecular complexity index is 1140. The molecule has 0 bridgehead atoms. The van der Waals surface area contributed by atoms with Gasteiger partial charge in [0.05, 0.1) is 4.90 Å². The first-order valence-corrected chi connectivity index (χ1v) is 12.0. The molecular weight excluding hydrogens is 408 g/mol. The van der Waals surface area contributed by atoms with E-state index in [0.717, 1.165) is 35.2 Å². The molecule has 1 N–H and O–H groups in total. The molecule has 0 saturated carbocycles. The highest BCUT2D eigenvalue weighted by Crippen LogP contribution is 2.28. The molecule has 0 aromatic heterocycles. The van der Waals surface area contributed by atoms with Gasteiger partial charge in [0.25, 0.3) is 0 Å².